The first kappa shape index (κ1) is 15.4. The second-order valence-corrected chi connectivity index (χ2v) is 4.88. The fraction of sp³-hybridized carbons (Fsp3) is 0.438. The second kappa shape index (κ2) is 7.69. The molecule has 1 heterocycles. The number of aromatic nitrogens is 1. The minimum Gasteiger partial charge on any atom is -0.493 e. The van der Waals surface area contributed by atoms with Crippen LogP contribution in [-0.2, 0) is 13.0 Å². The van der Waals surface area contributed by atoms with Crippen LogP contribution in [0.5, 0.6) is 11.5 Å². The molecule has 2 rings (SSSR count). The number of hydrogen-bond acceptors (Lipinski definition) is 5. The highest BCUT2D eigenvalue weighted by atomic mass is 16.5. The number of ether oxygens (including phenoxy) is 2. The van der Waals surface area contributed by atoms with Gasteiger partial charge in [0.1, 0.15) is 18.1 Å². The van der Waals surface area contributed by atoms with Crippen molar-refractivity contribution in [2.75, 3.05) is 13.2 Å². The molecule has 0 amide bonds. The van der Waals surface area contributed by atoms with Gasteiger partial charge in [-0.2, -0.15) is 0 Å². The summed E-state index contributed by atoms with van der Waals surface area (Å²) in [7, 11) is 0. The smallest absolute Gasteiger partial charge is 0.174 e. The van der Waals surface area contributed by atoms with Gasteiger partial charge < -0.3 is 19.7 Å². The van der Waals surface area contributed by atoms with Crippen LogP contribution < -0.4 is 15.2 Å². The lowest BCUT2D eigenvalue weighted by Crippen LogP contribution is -2.06. The molecule has 5 heteroatoms. The van der Waals surface area contributed by atoms with Crippen molar-refractivity contribution >= 4 is 0 Å². The molecule has 2 N–H and O–H groups in total. The molecular weight excluding hydrogens is 268 g/mol. The third kappa shape index (κ3) is 4.49. The number of nitrogens with two attached hydrogens (primary N) is 1. The van der Waals surface area contributed by atoms with Crippen LogP contribution in [0.1, 0.15) is 30.4 Å². The molecule has 1 aromatic heterocycles. The zero-order valence-electron chi connectivity index (χ0n) is 12.6. The maximum atomic E-state index is 5.84. The summed E-state index contributed by atoms with van der Waals surface area (Å²) in [5, 5.41) is 3.85. The molecule has 0 aliphatic rings. The summed E-state index contributed by atoms with van der Waals surface area (Å²) in [5.41, 5.74) is 7.55. The van der Waals surface area contributed by atoms with Gasteiger partial charge in [-0.1, -0.05) is 18.1 Å². The Labute approximate surface area is 125 Å². The predicted molar refractivity (Wildman–Crippen MR) is 80.6 cm³/mol. The molecule has 5 nitrogen and oxygen atoms in total. The van der Waals surface area contributed by atoms with Crippen LogP contribution in [0.2, 0.25) is 0 Å². The fourth-order valence-electron chi connectivity index (χ4n) is 1.97. The van der Waals surface area contributed by atoms with Gasteiger partial charge in [-0.25, -0.2) is 0 Å². The lowest BCUT2D eigenvalue weighted by atomic mass is 10.1. The van der Waals surface area contributed by atoms with E-state index in [1.54, 1.807) is 0 Å². The molecule has 0 fully saturated rings. The van der Waals surface area contributed by atoms with E-state index >= 15 is 0 Å². The summed E-state index contributed by atoms with van der Waals surface area (Å²) in [6, 6.07) is 7.72. The molecule has 2 aromatic rings. The summed E-state index contributed by atoms with van der Waals surface area (Å²) < 4.78 is 16.6. The summed E-state index contributed by atoms with van der Waals surface area (Å²) in [4.78, 5) is 0. The Balaban J connectivity index is 2.09. The third-order valence-electron chi connectivity index (χ3n) is 2.97. The normalized spacial score (nSPS) is 10.6. The van der Waals surface area contributed by atoms with E-state index in [1.165, 1.54) is 0 Å². The van der Waals surface area contributed by atoms with E-state index < -0.39 is 0 Å². The Morgan fingerprint density at radius 1 is 1.24 bits per heavy atom. The van der Waals surface area contributed by atoms with Crippen molar-refractivity contribution in [1.29, 1.82) is 0 Å². The van der Waals surface area contributed by atoms with Crippen LogP contribution in [0.15, 0.2) is 28.8 Å². The lowest BCUT2D eigenvalue weighted by molar-refractivity contribution is 0.244. The fourth-order valence-corrected chi connectivity index (χ4v) is 1.97. The maximum absolute atomic E-state index is 5.84. The van der Waals surface area contributed by atoms with Crippen LogP contribution in [0, 0.1) is 6.92 Å². The Morgan fingerprint density at radius 2 is 2.10 bits per heavy atom. The van der Waals surface area contributed by atoms with Crippen LogP contribution in [0.3, 0.4) is 0 Å². The monoisotopic (exact) mass is 290 g/mol. The van der Waals surface area contributed by atoms with Gasteiger partial charge in [-0.3, -0.25) is 0 Å². The summed E-state index contributed by atoms with van der Waals surface area (Å²) >= 11 is 0. The van der Waals surface area contributed by atoms with Gasteiger partial charge in [0, 0.05) is 12.1 Å². The van der Waals surface area contributed by atoms with Gasteiger partial charge >= 0.3 is 0 Å². The first-order valence-corrected chi connectivity index (χ1v) is 7.23. The van der Waals surface area contributed by atoms with Gasteiger partial charge in [0.2, 0.25) is 0 Å². The van der Waals surface area contributed by atoms with Crippen LogP contribution in [0.25, 0.3) is 0 Å². The molecular formula is C16H22N2O3. The first-order chi connectivity index (χ1) is 10.2. The molecule has 21 heavy (non-hydrogen) atoms. The minimum atomic E-state index is 0.343. The molecule has 0 saturated carbocycles. The Hall–Kier alpha value is -2.01. The van der Waals surface area contributed by atoms with E-state index in [9.17, 15) is 0 Å². The van der Waals surface area contributed by atoms with Crippen LogP contribution >= 0.6 is 0 Å². The van der Waals surface area contributed by atoms with Crippen molar-refractivity contribution in [1.82, 2.24) is 5.16 Å². The molecule has 0 saturated heterocycles. The maximum Gasteiger partial charge on any atom is 0.174 e. The van der Waals surface area contributed by atoms with Gasteiger partial charge in [-0.05, 0) is 37.9 Å². The molecule has 0 radical (unpaired) electrons. The number of benzene rings is 1. The Bertz CT molecular complexity index is 566. The van der Waals surface area contributed by atoms with Crippen LogP contribution in [0.4, 0.5) is 0 Å². The lowest BCUT2D eigenvalue weighted by Gasteiger charge is -2.12. The molecule has 114 valence electrons. The van der Waals surface area contributed by atoms with Crippen molar-refractivity contribution < 1.29 is 14.0 Å². The molecule has 0 aliphatic heterocycles. The number of aryl methyl sites for hydroxylation is 1. The van der Waals surface area contributed by atoms with Crippen molar-refractivity contribution in [3.8, 4) is 11.5 Å². The molecule has 0 atom stereocenters. The van der Waals surface area contributed by atoms with E-state index in [4.69, 9.17) is 19.7 Å². The Kier molecular flexibility index (Phi) is 5.63. The van der Waals surface area contributed by atoms with E-state index in [-0.39, 0.29) is 0 Å². The molecule has 0 spiro atoms. The first-order valence-electron chi connectivity index (χ1n) is 7.23. The zero-order chi connectivity index (χ0) is 15.1. The Morgan fingerprint density at radius 3 is 2.76 bits per heavy atom. The molecule has 0 bridgehead atoms. The highest BCUT2D eigenvalue weighted by Crippen LogP contribution is 2.26. The SMILES string of the molecule is CCCOc1ccc(CCN)c(OCc2cc(C)no2)c1. The van der Waals surface area contributed by atoms with Crippen molar-refractivity contribution in [3.63, 3.8) is 0 Å². The average Bonchev–Trinajstić information content (AvgIpc) is 2.90. The molecule has 1 aromatic carbocycles. The quantitative estimate of drug-likeness (QED) is 0.809. The standard InChI is InChI=1S/C16H22N2O3/c1-3-8-19-14-5-4-13(6-7-17)16(10-14)20-11-15-9-12(2)18-21-15/h4-5,9-10H,3,6-8,11,17H2,1-2H3. The number of nitrogens with zero attached hydrogens (tertiary/aromatic N) is 1. The molecule has 0 aliphatic carbocycles. The summed E-state index contributed by atoms with van der Waals surface area (Å²) in [6.07, 6.45) is 1.73. The molecule has 0 unspecified atom stereocenters. The average molecular weight is 290 g/mol. The predicted octanol–water partition coefficient (Wildman–Crippen LogP) is 2.85. The topological polar surface area (TPSA) is 70.5 Å². The minimum absolute atomic E-state index is 0.343. The van der Waals surface area contributed by atoms with Gasteiger partial charge in [0.05, 0.1) is 12.3 Å². The van der Waals surface area contributed by atoms with Crippen molar-refractivity contribution in [2.45, 2.75) is 33.3 Å². The third-order valence-corrected chi connectivity index (χ3v) is 2.97. The van der Waals surface area contributed by atoms with E-state index in [1.807, 2.05) is 31.2 Å². The highest BCUT2D eigenvalue weighted by Gasteiger charge is 2.08. The zero-order valence-corrected chi connectivity index (χ0v) is 12.6. The second-order valence-electron chi connectivity index (χ2n) is 4.88. The van der Waals surface area contributed by atoms with Crippen LogP contribution in [-0.4, -0.2) is 18.3 Å². The van der Waals surface area contributed by atoms with Gasteiger partial charge in [-0.15, -0.1) is 0 Å². The van der Waals surface area contributed by atoms with Crippen molar-refractivity contribution in [3.05, 3.63) is 41.3 Å². The summed E-state index contributed by atoms with van der Waals surface area (Å²) in [5.74, 6) is 2.29. The van der Waals surface area contributed by atoms with Gasteiger partial charge in [0.15, 0.2) is 5.76 Å². The number of rotatable bonds is 8. The van der Waals surface area contributed by atoms with Crippen molar-refractivity contribution in [2.24, 2.45) is 5.73 Å². The highest BCUT2D eigenvalue weighted by molar-refractivity contribution is 5.41. The van der Waals surface area contributed by atoms with E-state index in [0.29, 0.717) is 25.5 Å². The van der Waals surface area contributed by atoms with Gasteiger partial charge in [0.25, 0.3) is 0 Å². The van der Waals surface area contributed by atoms with E-state index in [0.717, 1.165) is 35.6 Å². The number of hydrogen-bond donors (Lipinski definition) is 1. The van der Waals surface area contributed by atoms with E-state index in [2.05, 4.69) is 12.1 Å². The summed E-state index contributed by atoms with van der Waals surface area (Å²) in [6.45, 7) is 5.57. The largest absolute Gasteiger partial charge is 0.493 e.